The maximum atomic E-state index is 17.0. The maximum absolute atomic E-state index is 17.0. The van der Waals surface area contributed by atoms with E-state index in [4.69, 9.17) is 10.5 Å². The molecule has 0 saturated carbocycles. The number of nitriles is 1. The smallest absolute Gasteiger partial charge is 0.417 e. The lowest BCUT2D eigenvalue weighted by atomic mass is 9.92. The Balaban J connectivity index is 1.45. The molecule has 2 aromatic carbocycles. The number of fused-ring (bicyclic) bond motifs is 3. The van der Waals surface area contributed by atoms with Crippen LogP contribution in [0.15, 0.2) is 18.2 Å². The number of alkyl halides is 5. The third kappa shape index (κ3) is 5.43. The van der Waals surface area contributed by atoms with Gasteiger partial charge >= 0.3 is 12.2 Å². The highest BCUT2D eigenvalue weighted by molar-refractivity contribution is 7.23. The van der Waals surface area contributed by atoms with Crippen molar-refractivity contribution in [2.45, 2.75) is 56.3 Å². The van der Waals surface area contributed by atoms with Crippen LogP contribution >= 0.6 is 11.3 Å². The third-order valence-corrected chi connectivity index (χ3v) is 11.1. The van der Waals surface area contributed by atoms with Crippen LogP contribution in [0.2, 0.25) is 0 Å². The minimum atomic E-state index is -5.19. The molecule has 5 heterocycles. The Hall–Kier alpha value is -4.43. The van der Waals surface area contributed by atoms with E-state index in [1.54, 1.807) is 6.07 Å². The van der Waals surface area contributed by atoms with Gasteiger partial charge in [-0.15, -0.1) is 11.3 Å². The predicted molar refractivity (Wildman–Crippen MR) is 172 cm³/mol. The summed E-state index contributed by atoms with van der Waals surface area (Å²) in [6, 6.07) is 2.71. The second-order valence-corrected chi connectivity index (χ2v) is 14.1. The van der Waals surface area contributed by atoms with Crippen molar-refractivity contribution in [2.75, 3.05) is 50.5 Å². The molecule has 4 aromatic rings. The number of rotatable bonds is 6. The number of carbonyl (C=O) groups is 1. The van der Waals surface area contributed by atoms with Gasteiger partial charge in [0.2, 0.25) is 5.91 Å². The van der Waals surface area contributed by atoms with E-state index in [9.17, 15) is 32.0 Å². The first-order valence-corrected chi connectivity index (χ1v) is 16.6. The highest BCUT2D eigenvalue weighted by atomic mass is 32.1. The van der Waals surface area contributed by atoms with Gasteiger partial charge in [0.15, 0.2) is 5.82 Å². The number of likely N-dealkylation sites (tertiary alicyclic amines) is 1. The van der Waals surface area contributed by atoms with Crippen molar-refractivity contribution in [1.82, 2.24) is 19.8 Å². The first-order chi connectivity index (χ1) is 23.6. The second kappa shape index (κ2) is 12.1. The SMILES string of the molecule is CC(=O)N1C[C@@H](F)[C@H](N(C)c2nc(OC[C@@]34CCCN3C[C@H](F)C4)nc3c(F)c(-c4ccc(F)c5sc(N)c(C#N)c45)c(C(F)(F)F)cc23)C1. The van der Waals surface area contributed by atoms with E-state index in [1.165, 1.54) is 23.8 Å². The van der Waals surface area contributed by atoms with Gasteiger partial charge in [-0.2, -0.15) is 28.4 Å². The second-order valence-electron chi connectivity index (χ2n) is 13.1. The quantitative estimate of drug-likeness (QED) is 0.234. The molecule has 3 aliphatic heterocycles. The van der Waals surface area contributed by atoms with Gasteiger partial charge in [0.1, 0.15) is 47.2 Å². The van der Waals surface area contributed by atoms with Crippen molar-refractivity contribution >= 4 is 49.1 Å². The van der Waals surface area contributed by atoms with Crippen LogP contribution in [0, 0.1) is 23.0 Å². The fraction of sp³-hybridized carbons (Fsp3) is 0.455. The number of ether oxygens (including phenoxy) is 1. The molecule has 7 rings (SSSR count). The van der Waals surface area contributed by atoms with Crippen LogP contribution in [0.5, 0.6) is 6.01 Å². The van der Waals surface area contributed by atoms with Crippen LogP contribution in [0.25, 0.3) is 32.1 Å². The summed E-state index contributed by atoms with van der Waals surface area (Å²) >= 11 is 0.643. The zero-order chi connectivity index (χ0) is 35.9. The summed E-state index contributed by atoms with van der Waals surface area (Å²) in [6.07, 6.45) is -6.34. The van der Waals surface area contributed by atoms with E-state index < -0.39 is 81.2 Å². The summed E-state index contributed by atoms with van der Waals surface area (Å²) in [4.78, 5) is 25.1. The lowest BCUT2D eigenvalue weighted by Crippen LogP contribution is -2.43. The van der Waals surface area contributed by atoms with Crippen LogP contribution in [0.1, 0.15) is 37.3 Å². The molecule has 0 bridgehead atoms. The van der Waals surface area contributed by atoms with Gasteiger partial charge in [0.05, 0.1) is 34.0 Å². The Kier molecular flexibility index (Phi) is 8.25. The molecule has 2 N–H and O–H groups in total. The summed E-state index contributed by atoms with van der Waals surface area (Å²) in [5.74, 6) is -3.04. The number of benzene rings is 2. The van der Waals surface area contributed by atoms with Crippen molar-refractivity contribution in [1.29, 1.82) is 5.26 Å². The molecular formula is C33H30F7N7O2S. The van der Waals surface area contributed by atoms with Crippen LogP contribution in [-0.4, -0.2) is 89.4 Å². The highest BCUT2D eigenvalue weighted by Gasteiger charge is 2.49. The van der Waals surface area contributed by atoms with Gasteiger partial charge in [-0.1, -0.05) is 6.07 Å². The van der Waals surface area contributed by atoms with Gasteiger partial charge in [0.25, 0.3) is 0 Å². The molecule has 0 aliphatic carbocycles. The number of carbonyl (C=O) groups excluding carboxylic acids is 1. The van der Waals surface area contributed by atoms with E-state index in [2.05, 4.69) is 9.97 Å². The number of hydrogen-bond donors (Lipinski definition) is 1. The first kappa shape index (κ1) is 34.0. The molecular weight excluding hydrogens is 691 g/mol. The number of likely N-dealkylation sites (N-methyl/N-ethyl adjacent to an activating group) is 1. The standard InChI is InChI=1S/C33H30F7N7O2S/c1-15(48)46-12-22(36)23(13-46)45(2)30-18-8-20(33(38,39)40)25(17-4-5-21(35)28-24(17)19(10-41)29(42)50-28)26(37)27(18)43-31(44-30)49-14-32-6-3-7-47(32)11-16(34)9-32/h4-5,8,16,22-23H,3,6-7,9,11-14,42H2,1-2H3/t16-,22-,23-,32+/m1/s1. The number of hydrogen-bond acceptors (Lipinski definition) is 9. The number of halogens is 7. The number of aromatic nitrogens is 2. The van der Waals surface area contributed by atoms with E-state index in [1.807, 2.05) is 4.90 Å². The number of thiophene rings is 1. The number of anilines is 2. The number of nitrogens with zero attached hydrogens (tertiary/aromatic N) is 6. The first-order valence-electron chi connectivity index (χ1n) is 15.8. The summed E-state index contributed by atoms with van der Waals surface area (Å²) in [7, 11) is 1.37. The van der Waals surface area contributed by atoms with E-state index >= 15 is 8.78 Å². The lowest BCUT2D eigenvalue weighted by molar-refractivity contribution is -0.137. The Morgan fingerprint density at radius 2 is 1.98 bits per heavy atom. The zero-order valence-electron chi connectivity index (χ0n) is 26.8. The molecule has 17 heteroatoms. The molecule has 264 valence electrons. The minimum absolute atomic E-state index is 0.0945. The molecule has 1 amide bonds. The van der Waals surface area contributed by atoms with Gasteiger partial charge in [-0.25, -0.2) is 17.6 Å². The summed E-state index contributed by atoms with van der Waals surface area (Å²) in [5, 5.41) is 8.90. The van der Waals surface area contributed by atoms with Gasteiger partial charge in [0, 0.05) is 49.8 Å². The molecule has 4 atom stereocenters. The molecule has 3 fully saturated rings. The fourth-order valence-electron chi connectivity index (χ4n) is 7.69. The van der Waals surface area contributed by atoms with Crippen molar-refractivity contribution in [3.63, 3.8) is 0 Å². The van der Waals surface area contributed by atoms with E-state index in [0.29, 0.717) is 30.4 Å². The van der Waals surface area contributed by atoms with E-state index in [-0.39, 0.29) is 59.1 Å². The topological polar surface area (TPSA) is 112 Å². The maximum Gasteiger partial charge on any atom is 0.417 e. The minimum Gasteiger partial charge on any atom is -0.461 e. The molecule has 3 aliphatic rings. The lowest BCUT2D eigenvalue weighted by Gasteiger charge is -2.31. The van der Waals surface area contributed by atoms with Crippen LogP contribution < -0.4 is 15.4 Å². The molecule has 0 spiro atoms. The molecule has 2 aromatic heterocycles. The average molecular weight is 722 g/mol. The molecule has 0 unspecified atom stereocenters. The molecule has 3 saturated heterocycles. The van der Waals surface area contributed by atoms with Crippen LogP contribution in [-0.2, 0) is 11.0 Å². The van der Waals surface area contributed by atoms with Crippen molar-refractivity contribution in [3.05, 3.63) is 41.0 Å². The summed E-state index contributed by atoms with van der Waals surface area (Å²) in [6.45, 7) is 1.63. The third-order valence-electron chi connectivity index (χ3n) is 10.1. The number of nitrogen functional groups attached to an aromatic ring is 1. The summed E-state index contributed by atoms with van der Waals surface area (Å²) in [5.41, 5.74) is 1.38. The van der Waals surface area contributed by atoms with Crippen molar-refractivity contribution < 1.29 is 40.3 Å². The zero-order valence-corrected chi connectivity index (χ0v) is 27.6. The molecule has 0 radical (unpaired) electrons. The summed E-state index contributed by atoms with van der Waals surface area (Å²) < 4.78 is 112. The number of nitrogens with two attached hydrogens (primary N) is 1. The Morgan fingerprint density at radius 1 is 1.22 bits per heavy atom. The largest absolute Gasteiger partial charge is 0.461 e. The van der Waals surface area contributed by atoms with Crippen LogP contribution in [0.4, 0.5) is 41.6 Å². The average Bonchev–Trinajstić information content (AvgIpc) is 3.80. The fourth-order valence-corrected chi connectivity index (χ4v) is 8.64. The Bertz CT molecular complexity index is 2090. The predicted octanol–water partition coefficient (Wildman–Crippen LogP) is 6.22. The monoisotopic (exact) mass is 721 g/mol. The number of amides is 1. The molecule has 9 nitrogen and oxygen atoms in total. The highest BCUT2D eigenvalue weighted by Crippen LogP contribution is 2.48. The van der Waals surface area contributed by atoms with Crippen molar-refractivity contribution in [3.8, 4) is 23.2 Å². The van der Waals surface area contributed by atoms with E-state index in [0.717, 1.165) is 18.6 Å². The Morgan fingerprint density at radius 3 is 2.66 bits per heavy atom. The van der Waals surface area contributed by atoms with Gasteiger partial charge in [-0.05, 0) is 37.1 Å². The van der Waals surface area contributed by atoms with Crippen LogP contribution in [0.3, 0.4) is 0 Å². The Labute approximate surface area is 285 Å². The molecule has 50 heavy (non-hydrogen) atoms. The van der Waals surface area contributed by atoms with Crippen molar-refractivity contribution in [2.24, 2.45) is 0 Å². The van der Waals surface area contributed by atoms with Gasteiger partial charge in [-0.3, -0.25) is 9.69 Å². The normalized spacial score (nSPS) is 23.9. The van der Waals surface area contributed by atoms with Gasteiger partial charge < -0.3 is 20.3 Å².